The van der Waals surface area contributed by atoms with Crippen molar-refractivity contribution < 1.29 is 14.3 Å². The summed E-state index contributed by atoms with van der Waals surface area (Å²) in [4.78, 5) is 11.3. The predicted octanol–water partition coefficient (Wildman–Crippen LogP) is 1.22. The van der Waals surface area contributed by atoms with Crippen molar-refractivity contribution in [3.8, 4) is 17.4 Å². The van der Waals surface area contributed by atoms with E-state index in [1.807, 2.05) is 0 Å². The van der Waals surface area contributed by atoms with Gasteiger partial charge in [-0.1, -0.05) is 0 Å². The van der Waals surface area contributed by atoms with E-state index >= 15 is 0 Å². The van der Waals surface area contributed by atoms with Crippen LogP contribution in [0.3, 0.4) is 0 Å². The Morgan fingerprint density at radius 1 is 1.25 bits per heavy atom. The monoisotopic (exact) mass is 274 g/mol. The van der Waals surface area contributed by atoms with Crippen LogP contribution in [0.25, 0.3) is 0 Å². The van der Waals surface area contributed by atoms with Crippen molar-refractivity contribution in [2.45, 2.75) is 0 Å². The maximum absolute atomic E-state index is 11.3. The average molecular weight is 274 g/mol. The molecule has 0 atom stereocenters. The van der Waals surface area contributed by atoms with Crippen molar-refractivity contribution >= 4 is 11.6 Å². The number of carbonyl (C=O) groups is 1. The number of nitrogens with one attached hydrogen (secondary N) is 1. The zero-order valence-electron chi connectivity index (χ0n) is 11.1. The summed E-state index contributed by atoms with van der Waals surface area (Å²) in [6, 6.07) is 8.08. The Morgan fingerprint density at radius 2 is 2.05 bits per heavy atom. The van der Waals surface area contributed by atoms with Gasteiger partial charge in [-0.25, -0.2) is 0 Å². The lowest BCUT2D eigenvalue weighted by Crippen LogP contribution is -2.19. The van der Waals surface area contributed by atoms with Crippen LogP contribution in [-0.2, 0) is 0 Å². The molecule has 20 heavy (non-hydrogen) atoms. The van der Waals surface area contributed by atoms with Crippen molar-refractivity contribution in [3.05, 3.63) is 36.0 Å². The van der Waals surface area contributed by atoms with Crippen molar-refractivity contribution in [3.63, 3.8) is 0 Å². The summed E-state index contributed by atoms with van der Waals surface area (Å²) in [6.07, 6.45) is 0. The number of benzene rings is 1. The number of anilines is 1. The van der Waals surface area contributed by atoms with E-state index in [1.54, 1.807) is 25.3 Å². The first-order valence-electron chi connectivity index (χ1n) is 5.81. The molecule has 0 unspecified atom stereocenters. The highest BCUT2D eigenvalue weighted by molar-refractivity contribution is 5.91. The molecule has 0 saturated heterocycles. The van der Waals surface area contributed by atoms with E-state index in [2.05, 4.69) is 15.5 Å². The minimum Gasteiger partial charge on any atom is -0.497 e. The third kappa shape index (κ3) is 2.94. The number of hydrogen-bond acceptors (Lipinski definition) is 6. The van der Waals surface area contributed by atoms with Gasteiger partial charge in [0, 0.05) is 19.2 Å². The molecular weight excluding hydrogens is 260 g/mol. The fourth-order valence-electron chi connectivity index (χ4n) is 1.47. The van der Waals surface area contributed by atoms with E-state index in [0.717, 1.165) is 0 Å². The lowest BCUT2D eigenvalue weighted by atomic mass is 10.3. The summed E-state index contributed by atoms with van der Waals surface area (Å²) in [5.41, 5.74) is 6.45. The molecule has 7 nitrogen and oxygen atoms in total. The number of hydrogen-bond donors (Lipinski definition) is 2. The fraction of sp³-hybridized carbons (Fsp3) is 0.154. The van der Waals surface area contributed by atoms with E-state index < -0.39 is 0 Å². The highest BCUT2D eigenvalue weighted by atomic mass is 16.5. The van der Waals surface area contributed by atoms with Crippen LogP contribution in [0.15, 0.2) is 30.3 Å². The summed E-state index contributed by atoms with van der Waals surface area (Å²) >= 11 is 0. The van der Waals surface area contributed by atoms with Crippen LogP contribution in [0.4, 0.5) is 5.69 Å². The van der Waals surface area contributed by atoms with Gasteiger partial charge < -0.3 is 20.5 Å². The molecule has 0 aliphatic heterocycles. The van der Waals surface area contributed by atoms with Crippen molar-refractivity contribution in [2.75, 3.05) is 19.9 Å². The molecule has 1 aromatic heterocycles. The molecule has 0 spiro atoms. The van der Waals surface area contributed by atoms with Gasteiger partial charge in [-0.3, -0.25) is 4.79 Å². The largest absolute Gasteiger partial charge is 0.497 e. The van der Waals surface area contributed by atoms with Gasteiger partial charge in [-0.05, 0) is 18.2 Å². The molecule has 104 valence electrons. The van der Waals surface area contributed by atoms with Crippen LogP contribution in [0, 0.1) is 0 Å². The van der Waals surface area contributed by atoms with Crippen LogP contribution in [0.1, 0.15) is 10.5 Å². The highest BCUT2D eigenvalue weighted by Gasteiger charge is 2.08. The van der Waals surface area contributed by atoms with Gasteiger partial charge in [0.1, 0.15) is 5.75 Å². The maximum Gasteiger partial charge on any atom is 0.271 e. The average Bonchev–Trinajstić information content (AvgIpc) is 2.49. The summed E-state index contributed by atoms with van der Waals surface area (Å²) in [6.45, 7) is 0. The second-order valence-corrected chi connectivity index (χ2v) is 3.84. The number of ether oxygens (including phenoxy) is 2. The van der Waals surface area contributed by atoms with E-state index in [9.17, 15) is 4.79 Å². The summed E-state index contributed by atoms with van der Waals surface area (Å²) in [5.74, 6) is 0.943. The summed E-state index contributed by atoms with van der Waals surface area (Å²) in [5, 5.41) is 10.0. The first-order chi connectivity index (χ1) is 9.63. The third-order valence-corrected chi connectivity index (χ3v) is 2.54. The molecule has 3 N–H and O–H groups in total. The molecule has 0 bridgehead atoms. The Bertz CT molecular complexity index is 614. The van der Waals surface area contributed by atoms with Crippen LogP contribution >= 0.6 is 0 Å². The molecule has 1 aromatic carbocycles. The number of amides is 1. The molecular formula is C13H14N4O3. The Kier molecular flexibility index (Phi) is 3.99. The van der Waals surface area contributed by atoms with Gasteiger partial charge >= 0.3 is 0 Å². The second-order valence-electron chi connectivity index (χ2n) is 3.84. The number of rotatable bonds is 4. The van der Waals surface area contributed by atoms with E-state index in [-0.39, 0.29) is 17.5 Å². The molecule has 1 amide bonds. The number of nitrogen functional groups attached to an aromatic ring is 1. The standard InChI is InChI=1S/C13H14N4O3/c1-15-13(18)10-5-6-12(17-16-10)20-11-7-8(19-2)3-4-9(11)14/h3-7H,14H2,1-2H3,(H,15,18). The number of nitrogens with two attached hydrogens (primary N) is 1. The molecule has 1 heterocycles. The Morgan fingerprint density at radius 3 is 2.65 bits per heavy atom. The third-order valence-electron chi connectivity index (χ3n) is 2.54. The van der Waals surface area contributed by atoms with Crippen LogP contribution in [0.5, 0.6) is 17.4 Å². The molecule has 0 radical (unpaired) electrons. The lowest BCUT2D eigenvalue weighted by Gasteiger charge is -2.09. The zero-order chi connectivity index (χ0) is 14.5. The smallest absolute Gasteiger partial charge is 0.271 e. The summed E-state index contributed by atoms with van der Waals surface area (Å²) < 4.78 is 10.6. The Hall–Kier alpha value is -2.83. The minimum absolute atomic E-state index is 0.207. The lowest BCUT2D eigenvalue weighted by molar-refractivity contribution is 0.0957. The van der Waals surface area contributed by atoms with Gasteiger partial charge in [-0.15, -0.1) is 10.2 Å². The number of aromatic nitrogens is 2. The normalized spacial score (nSPS) is 9.90. The first-order valence-corrected chi connectivity index (χ1v) is 5.81. The number of carbonyl (C=O) groups excluding carboxylic acids is 1. The Balaban J connectivity index is 2.20. The van der Waals surface area contributed by atoms with Gasteiger partial charge in [-0.2, -0.15) is 0 Å². The van der Waals surface area contributed by atoms with Crippen LogP contribution in [-0.4, -0.2) is 30.3 Å². The minimum atomic E-state index is -0.315. The molecule has 0 aliphatic rings. The van der Waals surface area contributed by atoms with Crippen molar-refractivity contribution in [1.82, 2.24) is 15.5 Å². The Labute approximate surface area is 115 Å². The molecule has 2 rings (SSSR count). The van der Waals surface area contributed by atoms with Gasteiger partial charge in [0.25, 0.3) is 5.91 Å². The number of methoxy groups -OCH3 is 1. The van der Waals surface area contributed by atoms with E-state index in [0.29, 0.717) is 17.2 Å². The molecule has 7 heteroatoms. The topological polar surface area (TPSA) is 99.4 Å². The number of nitrogens with zero attached hydrogens (tertiary/aromatic N) is 2. The molecule has 0 saturated carbocycles. The molecule has 0 aliphatic carbocycles. The van der Waals surface area contributed by atoms with Crippen LogP contribution in [0.2, 0.25) is 0 Å². The quantitative estimate of drug-likeness (QED) is 0.813. The predicted molar refractivity (Wildman–Crippen MR) is 72.9 cm³/mol. The van der Waals surface area contributed by atoms with Gasteiger partial charge in [0.2, 0.25) is 5.88 Å². The second kappa shape index (κ2) is 5.87. The first kappa shape index (κ1) is 13.6. The van der Waals surface area contributed by atoms with E-state index in [1.165, 1.54) is 19.2 Å². The SMILES string of the molecule is CNC(=O)c1ccc(Oc2cc(OC)ccc2N)nn1. The van der Waals surface area contributed by atoms with Gasteiger partial charge in [0.05, 0.1) is 12.8 Å². The van der Waals surface area contributed by atoms with Crippen molar-refractivity contribution in [1.29, 1.82) is 0 Å². The fourth-order valence-corrected chi connectivity index (χ4v) is 1.47. The van der Waals surface area contributed by atoms with E-state index in [4.69, 9.17) is 15.2 Å². The van der Waals surface area contributed by atoms with Gasteiger partial charge in [0.15, 0.2) is 11.4 Å². The van der Waals surface area contributed by atoms with Crippen molar-refractivity contribution in [2.24, 2.45) is 0 Å². The highest BCUT2D eigenvalue weighted by Crippen LogP contribution is 2.30. The maximum atomic E-state index is 11.3. The molecule has 0 fully saturated rings. The molecule has 2 aromatic rings. The van der Waals surface area contributed by atoms with Crippen LogP contribution < -0.4 is 20.5 Å². The summed E-state index contributed by atoms with van der Waals surface area (Å²) in [7, 11) is 3.07. The zero-order valence-corrected chi connectivity index (χ0v) is 11.1.